The Kier molecular flexibility index (Phi) is 3.39. The molecule has 0 aliphatic rings. The zero-order valence-electron chi connectivity index (χ0n) is 10.1. The molecule has 0 saturated carbocycles. The van der Waals surface area contributed by atoms with E-state index in [1.165, 1.54) is 0 Å². The van der Waals surface area contributed by atoms with Gasteiger partial charge < -0.3 is 11.1 Å². The Morgan fingerprint density at radius 1 is 1.47 bits per heavy atom. The monoisotopic (exact) mass is 231 g/mol. The van der Waals surface area contributed by atoms with Crippen LogP contribution in [0.4, 0.5) is 5.69 Å². The summed E-state index contributed by atoms with van der Waals surface area (Å²) >= 11 is 0. The number of nitrogens with one attached hydrogen (secondary N) is 1. The van der Waals surface area contributed by atoms with Crippen molar-refractivity contribution in [2.45, 2.75) is 13.0 Å². The summed E-state index contributed by atoms with van der Waals surface area (Å²) in [7, 11) is 1.90. The third kappa shape index (κ3) is 2.45. The quantitative estimate of drug-likeness (QED) is 0.826. The van der Waals surface area contributed by atoms with Crippen molar-refractivity contribution in [2.75, 3.05) is 12.3 Å². The lowest BCUT2D eigenvalue weighted by Gasteiger charge is -2.17. The van der Waals surface area contributed by atoms with Crippen molar-refractivity contribution in [2.24, 2.45) is 7.05 Å². The Bertz CT molecular complexity index is 491. The van der Waals surface area contributed by atoms with E-state index in [-0.39, 0.29) is 6.04 Å². The van der Waals surface area contributed by atoms with Crippen molar-refractivity contribution in [3.8, 4) is 0 Å². The first kappa shape index (κ1) is 11.6. The normalized spacial score (nSPS) is 12.6. The topological polar surface area (TPSA) is 68.8 Å². The molecule has 0 spiro atoms. The number of aryl methyl sites for hydroxylation is 1. The van der Waals surface area contributed by atoms with Gasteiger partial charge in [-0.15, -0.1) is 0 Å². The van der Waals surface area contributed by atoms with E-state index < -0.39 is 0 Å². The second-order valence-electron chi connectivity index (χ2n) is 3.91. The number of nitrogen functional groups attached to an aromatic ring is 1. The Hall–Kier alpha value is -1.88. The zero-order chi connectivity index (χ0) is 12.3. The van der Waals surface area contributed by atoms with Crippen LogP contribution in [0.2, 0.25) is 0 Å². The largest absolute Gasteiger partial charge is 0.398 e. The average molecular weight is 231 g/mol. The van der Waals surface area contributed by atoms with Crippen LogP contribution < -0.4 is 11.1 Å². The fourth-order valence-corrected chi connectivity index (χ4v) is 1.82. The van der Waals surface area contributed by atoms with Crippen molar-refractivity contribution in [1.82, 2.24) is 20.1 Å². The van der Waals surface area contributed by atoms with Crippen LogP contribution in [0.1, 0.15) is 24.2 Å². The fraction of sp³-hybridized carbons (Fsp3) is 0.333. The predicted molar refractivity (Wildman–Crippen MR) is 67.4 cm³/mol. The summed E-state index contributed by atoms with van der Waals surface area (Å²) in [5.74, 6) is 0. The standard InChI is InChI=1S/C12H17N5/c1-3-15-12(11-5-7-17(2)16-11)9-8-14-6-4-10(9)13/h4-8,12,15H,3H2,1-2H3,(H2,13,14). The summed E-state index contributed by atoms with van der Waals surface area (Å²) in [6.45, 7) is 2.90. The lowest BCUT2D eigenvalue weighted by Crippen LogP contribution is -2.23. The molecule has 2 heterocycles. The first-order valence-corrected chi connectivity index (χ1v) is 5.64. The van der Waals surface area contributed by atoms with E-state index in [9.17, 15) is 0 Å². The Labute approximate surface area is 101 Å². The van der Waals surface area contributed by atoms with Gasteiger partial charge in [0, 0.05) is 36.9 Å². The van der Waals surface area contributed by atoms with E-state index in [2.05, 4.69) is 22.3 Å². The average Bonchev–Trinajstić information content (AvgIpc) is 2.74. The molecule has 5 heteroatoms. The number of anilines is 1. The van der Waals surface area contributed by atoms with Crippen LogP contribution in [0, 0.1) is 0 Å². The summed E-state index contributed by atoms with van der Waals surface area (Å²) in [5.41, 5.74) is 8.63. The van der Waals surface area contributed by atoms with Crippen LogP contribution in [0.15, 0.2) is 30.7 Å². The number of pyridine rings is 1. The van der Waals surface area contributed by atoms with Crippen LogP contribution >= 0.6 is 0 Å². The number of rotatable bonds is 4. The first-order chi connectivity index (χ1) is 8.22. The second kappa shape index (κ2) is 4.97. The van der Waals surface area contributed by atoms with Gasteiger partial charge in [-0.05, 0) is 18.7 Å². The van der Waals surface area contributed by atoms with Gasteiger partial charge in [-0.25, -0.2) is 0 Å². The minimum atomic E-state index is -0.00472. The van der Waals surface area contributed by atoms with Gasteiger partial charge in [-0.1, -0.05) is 6.92 Å². The summed E-state index contributed by atoms with van der Waals surface area (Å²) in [6.07, 6.45) is 5.41. The molecule has 0 amide bonds. The van der Waals surface area contributed by atoms with E-state index in [4.69, 9.17) is 5.73 Å². The van der Waals surface area contributed by atoms with E-state index in [0.29, 0.717) is 0 Å². The Morgan fingerprint density at radius 3 is 2.88 bits per heavy atom. The van der Waals surface area contributed by atoms with E-state index in [1.807, 2.05) is 25.4 Å². The van der Waals surface area contributed by atoms with Crippen molar-refractivity contribution >= 4 is 5.69 Å². The SMILES string of the molecule is CCNC(c1ccn(C)n1)c1cnccc1N. The minimum Gasteiger partial charge on any atom is -0.398 e. The molecule has 1 atom stereocenters. The van der Waals surface area contributed by atoms with Gasteiger partial charge in [-0.3, -0.25) is 9.67 Å². The molecular formula is C12H17N5. The Balaban J connectivity index is 2.39. The molecule has 2 rings (SSSR count). The molecule has 1 unspecified atom stereocenters. The van der Waals surface area contributed by atoms with Crippen molar-refractivity contribution in [3.05, 3.63) is 42.0 Å². The summed E-state index contributed by atoms with van der Waals surface area (Å²) < 4.78 is 1.78. The van der Waals surface area contributed by atoms with E-state index in [0.717, 1.165) is 23.5 Å². The lowest BCUT2D eigenvalue weighted by molar-refractivity contribution is 0.599. The number of hydrogen-bond acceptors (Lipinski definition) is 4. The van der Waals surface area contributed by atoms with Crippen LogP contribution in [-0.4, -0.2) is 21.3 Å². The second-order valence-corrected chi connectivity index (χ2v) is 3.91. The third-order valence-electron chi connectivity index (χ3n) is 2.64. The molecule has 0 bridgehead atoms. The van der Waals surface area contributed by atoms with Crippen molar-refractivity contribution in [3.63, 3.8) is 0 Å². The zero-order valence-corrected chi connectivity index (χ0v) is 10.1. The molecule has 17 heavy (non-hydrogen) atoms. The highest BCUT2D eigenvalue weighted by molar-refractivity contribution is 5.48. The van der Waals surface area contributed by atoms with Crippen molar-refractivity contribution in [1.29, 1.82) is 0 Å². The summed E-state index contributed by atoms with van der Waals surface area (Å²) in [4.78, 5) is 4.13. The maximum atomic E-state index is 5.98. The van der Waals surface area contributed by atoms with Gasteiger partial charge in [0.05, 0.1) is 11.7 Å². The van der Waals surface area contributed by atoms with Crippen LogP contribution in [0.3, 0.4) is 0 Å². The maximum absolute atomic E-state index is 5.98. The molecule has 2 aromatic heterocycles. The predicted octanol–water partition coefficient (Wildman–Crippen LogP) is 1.10. The van der Waals surface area contributed by atoms with Crippen LogP contribution in [-0.2, 0) is 7.05 Å². The Morgan fingerprint density at radius 2 is 2.29 bits per heavy atom. The molecule has 0 fully saturated rings. The summed E-state index contributed by atoms with van der Waals surface area (Å²) in [5, 5.41) is 7.79. The highest BCUT2D eigenvalue weighted by atomic mass is 15.3. The maximum Gasteiger partial charge on any atom is 0.0840 e. The highest BCUT2D eigenvalue weighted by Gasteiger charge is 2.17. The molecule has 0 aromatic carbocycles. The highest BCUT2D eigenvalue weighted by Crippen LogP contribution is 2.24. The van der Waals surface area contributed by atoms with E-state index in [1.54, 1.807) is 17.1 Å². The number of hydrogen-bond donors (Lipinski definition) is 2. The molecule has 2 aromatic rings. The van der Waals surface area contributed by atoms with Gasteiger partial charge in [0.15, 0.2) is 0 Å². The molecule has 0 radical (unpaired) electrons. The summed E-state index contributed by atoms with van der Waals surface area (Å²) in [6, 6.07) is 3.79. The molecule has 0 saturated heterocycles. The number of nitrogens with zero attached hydrogens (tertiary/aromatic N) is 3. The van der Waals surface area contributed by atoms with Gasteiger partial charge in [0.1, 0.15) is 0 Å². The van der Waals surface area contributed by atoms with Gasteiger partial charge >= 0.3 is 0 Å². The molecule has 0 aliphatic heterocycles. The molecule has 3 N–H and O–H groups in total. The fourth-order valence-electron chi connectivity index (χ4n) is 1.82. The first-order valence-electron chi connectivity index (χ1n) is 5.64. The smallest absolute Gasteiger partial charge is 0.0840 e. The third-order valence-corrected chi connectivity index (χ3v) is 2.64. The lowest BCUT2D eigenvalue weighted by atomic mass is 10.0. The van der Waals surface area contributed by atoms with E-state index >= 15 is 0 Å². The van der Waals surface area contributed by atoms with Gasteiger partial charge in [0.25, 0.3) is 0 Å². The molecule has 5 nitrogen and oxygen atoms in total. The molecule has 0 aliphatic carbocycles. The molecule has 90 valence electrons. The minimum absolute atomic E-state index is 0.00472. The van der Waals surface area contributed by atoms with Crippen molar-refractivity contribution < 1.29 is 0 Å². The molecular weight excluding hydrogens is 214 g/mol. The van der Waals surface area contributed by atoms with Crippen LogP contribution in [0.5, 0.6) is 0 Å². The van der Waals surface area contributed by atoms with Crippen LogP contribution in [0.25, 0.3) is 0 Å². The van der Waals surface area contributed by atoms with Gasteiger partial charge in [-0.2, -0.15) is 5.10 Å². The number of aromatic nitrogens is 3. The number of nitrogens with two attached hydrogens (primary N) is 1. The van der Waals surface area contributed by atoms with Gasteiger partial charge in [0.2, 0.25) is 0 Å².